The Hall–Kier alpha value is -5.62. The minimum absolute atomic E-state index is 0.170. The third-order valence-electron chi connectivity index (χ3n) is 13.8. The molecular formula is C47H56N10O4. The Kier molecular flexibility index (Phi) is 10.9. The second-order valence-corrected chi connectivity index (χ2v) is 18.2. The van der Waals surface area contributed by atoms with E-state index in [-0.39, 0.29) is 23.6 Å². The molecule has 0 bridgehead atoms. The molecule has 318 valence electrons. The van der Waals surface area contributed by atoms with Crippen molar-refractivity contribution in [3.63, 3.8) is 0 Å². The molecule has 3 saturated heterocycles. The Labute approximate surface area is 356 Å². The maximum Gasteiger partial charge on any atom is 0.274 e. The van der Waals surface area contributed by atoms with Gasteiger partial charge in [-0.1, -0.05) is 0 Å². The number of aliphatic hydroxyl groups is 1. The van der Waals surface area contributed by atoms with Crippen LogP contribution in [0, 0.1) is 20.4 Å². The fourth-order valence-electron chi connectivity index (χ4n) is 10.6. The number of hydrogen-bond donors (Lipinski definition) is 3. The molecule has 14 nitrogen and oxygen atoms in total. The minimum Gasteiger partial charge on any atom is -0.386 e. The van der Waals surface area contributed by atoms with Gasteiger partial charge in [0.15, 0.2) is 0 Å². The third-order valence-corrected chi connectivity index (χ3v) is 13.8. The molecule has 1 aliphatic carbocycles. The van der Waals surface area contributed by atoms with Gasteiger partial charge in [0.05, 0.1) is 41.4 Å². The zero-order chi connectivity index (χ0) is 42.6. The number of imide groups is 1. The molecule has 0 spiro atoms. The van der Waals surface area contributed by atoms with Crippen LogP contribution >= 0.6 is 0 Å². The van der Waals surface area contributed by atoms with E-state index in [2.05, 4.69) is 72.1 Å². The molecule has 61 heavy (non-hydrogen) atoms. The Balaban J connectivity index is 0.778. The number of piperidine rings is 2. The van der Waals surface area contributed by atoms with Gasteiger partial charge < -0.3 is 15.3 Å². The maximum atomic E-state index is 13.6. The molecule has 1 saturated carbocycles. The first-order chi connectivity index (χ1) is 29.3. The fourth-order valence-corrected chi connectivity index (χ4v) is 10.6. The Bertz CT molecular complexity index is 2520. The van der Waals surface area contributed by atoms with E-state index >= 15 is 0 Å². The zero-order valence-corrected chi connectivity index (χ0v) is 35.7. The molecule has 5 aromatic rings. The molecular weight excluding hydrogens is 769 g/mol. The van der Waals surface area contributed by atoms with Crippen molar-refractivity contribution in [1.82, 2.24) is 34.5 Å². The molecule has 0 unspecified atom stereocenters. The predicted molar refractivity (Wildman–Crippen MR) is 235 cm³/mol. The van der Waals surface area contributed by atoms with Crippen LogP contribution in [0.4, 0.5) is 17.1 Å². The van der Waals surface area contributed by atoms with Crippen LogP contribution in [0.1, 0.15) is 110 Å². The molecule has 3 aliphatic heterocycles. The summed E-state index contributed by atoms with van der Waals surface area (Å²) in [6.45, 7) is 21.4. The van der Waals surface area contributed by atoms with Crippen molar-refractivity contribution in [3.05, 3.63) is 94.2 Å². The molecule has 2 aromatic carbocycles. The predicted octanol–water partition coefficient (Wildman–Crippen LogP) is 6.62. The minimum atomic E-state index is -1.22. The highest BCUT2D eigenvalue weighted by atomic mass is 16.3. The standard InChI is InChI=1S/C47H56N10O4/c1-29-22-37(23-30(2)44(29)38-11-13-43(58)51-45(38)59)53-16-14-34(15-17-53)55-20-18-54(19-21-55)33-6-8-35(9-7-33)56-28-31-24-41(39(47(3,4)61)26-40(31)52-56)50-46(60)42-12-10-36-25-32(48-5)27-49-57(36)42/h10,12,22-28,33-35,38,61H,6-9,11,13-21H2,1-4H3,(H,50,60)(H,51,58,59)/t33?,35?,38-/m1/s1. The molecule has 3 amide bonds. The number of fused-ring (bicyclic) bond motifs is 2. The molecule has 6 heterocycles. The van der Waals surface area contributed by atoms with Crippen molar-refractivity contribution < 1.29 is 19.5 Å². The summed E-state index contributed by atoms with van der Waals surface area (Å²) in [4.78, 5) is 49.3. The average Bonchev–Trinajstić information content (AvgIpc) is 3.88. The molecule has 3 aromatic heterocycles. The van der Waals surface area contributed by atoms with Crippen LogP contribution in [-0.4, -0.2) is 103 Å². The van der Waals surface area contributed by atoms with E-state index in [4.69, 9.17) is 11.7 Å². The summed E-state index contributed by atoms with van der Waals surface area (Å²) in [6, 6.07) is 14.9. The summed E-state index contributed by atoms with van der Waals surface area (Å²) in [7, 11) is 0. The number of anilines is 2. The lowest BCUT2D eigenvalue weighted by Crippen LogP contribution is -2.55. The van der Waals surface area contributed by atoms with Crippen LogP contribution in [0.5, 0.6) is 0 Å². The number of aromatic nitrogens is 4. The van der Waals surface area contributed by atoms with Gasteiger partial charge >= 0.3 is 0 Å². The molecule has 9 rings (SSSR count). The number of rotatable bonds is 8. The summed E-state index contributed by atoms with van der Waals surface area (Å²) in [5.41, 5.74) is 6.63. The quantitative estimate of drug-likeness (QED) is 0.116. The van der Waals surface area contributed by atoms with Gasteiger partial charge in [-0.25, -0.2) is 9.36 Å². The van der Waals surface area contributed by atoms with Crippen LogP contribution in [0.15, 0.2) is 54.9 Å². The summed E-state index contributed by atoms with van der Waals surface area (Å²) < 4.78 is 3.61. The third kappa shape index (κ3) is 8.14. The van der Waals surface area contributed by atoms with Gasteiger partial charge in [-0.15, -0.1) is 0 Å². The topological polar surface area (TPSA) is 145 Å². The highest BCUT2D eigenvalue weighted by molar-refractivity contribution is 6.05. The van der Waals surface area contributed by atoms with Crippen molar-refractivity contribution in [2.45, 2.75) is 109 Å². The van der Waals surface area contributed by atoms with Crippen LogP contribution < -0.4 is 15.5 Å². The summed E-state index contributed by atoms with van der Waals surface area (Å²) in [6.07, 6.45) is 11.2. The first-order valence-corrected chi connectivity index (χ1v) is 21.9. The number of hydrogen-bond acceptors (Lipinski definition) is 9. The SMILES string of the molecule is [C-]#[N+]c1cnn2c(C(=O)Nc3cc4cn(C5CCC(N6CCN(C7CCN(c8cc(C)c([C@H]9CCC(=O)NC9=O)c(C)c8)CC7)CC6)CC5)nc4cc3C(C)(C)O)ccc2c1. The Morgan fingerprint density at radius 1 is 0.869 bits per heavy atom. The van der Waals surface area contributed by atoms with E-state index in [9.17, 15) is 19.5 Å². The summed E-state index contributed by atoms with van der Waals surface area (Å²) in [5.74, 6) is -0.956. The van der Waals surface area contributed by atoms with Crippen LogP contribution in [0.2, 0.25) is 0 Å². The monoisotopic (exact) mass is 824 g/mol. The Morgan fingerprint density at radius 2 is 1.52 bits per heavy atom. The van der Waals surface area contributed by atoms with E-state index in [1.165, 1.54) is 16.4 Å². The largest absolute Gasteiger partial charge is 0.386 e. The second-order valence-electron chi connectivity index (χ2n) is 18.2. The summed E-state index contributed by atoms with van der Waals surface area (Å²) >= 11 is 0. The van der Waals surface area contributed by atoms with Crippen molar-refractivity contribution in [3.8, 4) is 0 Å². The van der Waals surface area contributed by atoms with Gasteiger partial charge in [-0.05, 0) is 132 Å². The van der Waals surface area contributed by atoms with Gasteiger partial charge in [0, 0.05) is 86.3 Å². The second kappa shape index (κ2) is 16.3. The highest BCUT2D eigenvalue weighted by Gasteiger charge is 2.34. The number of benzene rings is 2. The summed E-state index contributed by atoms with van der Waals surface area (Å²) in [5, 5.41) is 26.9. The number of nitrogens with zero attached hydrogens (tertiary/aromatic N) is 8. The smallest absolute Gasteiger partial charge is 0.274 e. The zero-order valence-electron chi connectivity index (χ0n) is 35.7. The Morgan fingerprint density at radius 3 is 2.16 bits per heavy atom. The number of aryl methyl sites for hydroxylation is 2. The van der Waals surface area contributed by atoms with Gasteiger partial charge in [-0.3, -0.25) is 34.2 Å². The van der Waals surface area contributed by atoms with E-state index in [1.54, 1.807) is 32.0 Å². The maximum absolute atomic E-state index is 13.6. The lowest BCUT2D eigenvalue weighted by atomic mass is 9.84. The first kappa shape index (κ1) is 40.8. The normalized spacial score (nSPS) is 22.4. The number of amides is 3. The lowest BCUT2D eigenvalue weighted by Gasteiger charge is -2.46. The number of piperazine rings is 1. The van der Waals surface area contributed by atoms with Gasteiger partial charge in [-0.2, -0.15) is 10.2 Å². The molecule has 3 N–H and O–H groups in total. The van der Waals surface area contributed by atoms with E-state index in [0.29, 0.717) is 59.1 Å². The fraction of sp³-hybridized carbons (Fsp3) is 0.489. The van der Waals surface area contributed by atoms with Gasteiger partial charge in [0.1, 0.15) is 5.69 Å². The van der Waals surface area contributed by atoms with Crippen LogP contribution in [-0.2, 0) is 15.2 Å². The number of nitrogens with one attached hydrogen (secondary N) is 2. The van der Waals surface area contributed by atoms with E-state index in [1.807, 2.05) is 12.1 Å². The number of carbonyl (C=O) groups is 3. The molecule has 4 fully saturated rings. The molecule has 4 aliphatic rings. The van der Waals surface area contributed by atoms with E-state index < -0.39 is 5.60 Å². The van der Waals surface area contributed by atoms with Crippen molar-refractivity contribution >= 4 is 51.2 Å². The lowest BCUT2D eigenvalue weighted by molar-refractivity contribution is -0.134. The van der Waals surface area contributed by atoms with Crippen molar-refractivity contribution in [2.75, 3.05) is 49.5 Å². The van der Waals surface area contributed by atoms with E-state index in [0.717, 1.165) is 105 Å². The average molecular weight is 825 g/mol. The highest BCUT2D eigenvalue weighted by Crippen LogP contribution is 2.37. The van der Waals surface area contributed by atoms with Crippen LogP contribution in [0.25, 0.3) is 21.3 Å². The van der Waals surface area contributed by atoms with Crippen molar-refractivity contribution in [2.24, 2.45) is 0 Å². The van der Waals surface area contributed by atoms with Gasteiger partial charge in [0.2, 0.25) is 17.5 Å². The molecule has 0 radical (unpaired) electrons. The molecule has 14 heteroatoms. The first-order valence-electron chi connectivity index (χ1n) is 21.9. The molecule has 1 atom stereocenters. The van der Waals surface area contributed by atoms with Crippen LogP contribution in [0.3, 0.4) is 0 Å². The number of carbonyl (C=O) groups excluding carboxylic acids is 3. The van der Waals surface area contributed by atoms with Gasteiger partial charge in [0.25, 0.3) is 5.91 Å². The van der Waals surface area contributed by atoms with Crippen molar-refractivity contribution in [1.29, 1.82) is 0 Å².